The van der Waals surface area contributed by atoms with Crippen LogP contribution in [0.1, 0.15) is 48.9 Å². The van der Waals surface area contributed by atoms with E-state index in [0.29, 0.717) is 76.8 Å². The number of benzene rings is 1. The van der Waals surface area contributed by atoms with Gasteiger partial charge in [-0.3, -0.25) is 23.9 Å². The smallest absolute Gasteiger partial charge is 0.309 e. The Kier molecular flexibility index (Phi) is 8.37. The average molecular weight is 595 g/mol. The number of thioether (sulfide) groups is 1. The molecule has 1 aromatic carbocycles. The van der Waals surface area contributed by atoms with Gasteiger partial charge < -0.3 is 19.1 Å². The Bertz CT molecular complexity index is 1550. The average Bonchev–Trinajstić information content (AvgIpc) is 3.54. The number of carbonyl (C=O) groups excluding carboxylic acids is 2. The molecule has 0 bridgehead atoms. The molecule has 12 heteroatoms. The molecule has 4 heterocycles. The van der Waals surface area contributed by atoms with Gasteiger partial charge in [-0.05, 0) is 62.9 Å². The van der Waals surface area contributed by atoms with Gasteiger partial charge in [0, 0.05) is 25.2 Å². The fourth-order valence-electron chi connectivity index (χ4n) is 5.35. The summed E-state index contributed by atoms with van der Waals surface area (Å²) in [5.74, 6) is 1.26. The van der Waals surface area contributed by atoms with Crippen LogP contribution in [0, 0.1) is 24.2 Å². The number of pyridine rings is 1. The van der Waals surface area contributed by atoms with E-state index in [-0.39, 0.29) is 42.3 Å². The number of hydrogen-bond acceptors (Lipinski definition) is 10. The van der Waals surface area contributed by atoms with Crippen molar-refractivity contribution in [3.63, 3.8) is 0 Å². The number of piperidine rings is 1. The summed E-state index contributed by atoms with van der Waals surface area (Å²) in [5, 5.41) is 9.85. The lowest BCUT2D eigenvalue weighted by atomic mass is 9.95. The molecule has 0 spiro atoms. The Morgan fingerprint density at radius 1 is 1.22 bits per heavy atom. The van der Waals surface area contributed by atoms with Crippen molar-refractivity contribution in [2.75, 3.05) is 31.4 Å². The second kappa shape index (κ2) is 12.0. The van der Waals surface area contributed by atoms with Crippen LogP contribution in [-0.2, 0) is 27.4 Å². The molecule has 10 nitrogen and oxygen atoms in total. The standard InChI is InChI=1S/C29H30N4O6S2/c1-4-32-25(31-10-8-19(9-11-31)28(36)37-5-2)20(17(3)21(14-30)26(32)34)13-24-27(35)33(29(40)41-24)15-18-6-7-22-23(12-18)39-16-38-22/h6-7,12-13,19H,4-5,8-11,15-16H2,1-3H3/b24-13+. The van der Waals surface area contributed by atoms with Crippen molar-refractivity contribution in [3.05, 3.63) is 55.7 Å². The largest absolute Gasteiger partial charge is 0.466 e. The monoisotopic (exact) mass is 594 g/mol. The molecule has 2 saturated heterocycles. The van der Waals surface area contributed by atoms with Crippen LogP contribution in [0.15, 0.2) is 27.9 Å². The minimum atomic E-state index is -0.373. The molecule has 41 heavy (non-hydrogen) atoms. The zero-order valence-electron chi connectivity index (χ0n) is 23.1. The van der Waals surface area contributed by atoms with Crippen molar-refractivity contribution in [1.29, 1.82) is 5.26 Å². The molecule has 2 fully saturated rings. The Morgan fingerprint density at radius 2 is 1.95 bits per heavy atom. The maximum atomic E-state index is 13.6. The van der Waals surface area contributed by atoms with Crippen LogP contribution in [0.5, 0.6) is 11.5 Å². The van der Waals surface area contributed by atoms with E-state index >= 15 is 0 Å². The zero-order valence-corrected chi connectivity index (χ0v) is 24.7. The van der Waals surface area contributed by atoms with Crippen LogP contribution in [0.4, 0.5) is 5.82 Å². The minimum absolute atomic E-state index is 0.0408. The Balaban J connectivity index is 1.49. The number of nitrogens with zero attached hydrogens (tertiary/aromatic N) is 4. The van der Waals surface area contributed by atoms with Crippen LogP contribution in [0.25, 0.3) is 6.08 Å². The van der Waals surface area contributed by atoms with E-state index in [9.17, 15) is 19.6 Å². The van der Waals surface area contributed by atoms with Crippen molar-refractivity contribution in [2.45, 2.75) is 46.7 Å². The highest BCUT2D eigenvalue weighted by atomic mass is 32.2. The fraction of sp³-hybridized carbons (Fsp3) is 0.414. The Morgan fingerprint density at radius 3 is 2.63 bits per heavy atom. The highest BCUT2D eigenvalue weighted by molar-refractivity contribution is 8.26. The molecule has 3 aliphatic rings. The van der Waals surface area contributed by atoms with Gasteiger partial charge in [0.1, 0.15) is 21.8 Å². The van der Waals surface area contributed by atoms with Gasteiger partial charge in [-0.15, -0.1) is 0 Å². The number of rotatable bonds is 7. The lowest BCUT2D eigenvalue weighted by molar-refractivity contribution is -0.148. The molecule has 5 rings (SSSR count). The summed E-state index contributed by atoms with van der Waals surface area (Å²) in [6.07, 6.45) is 2.90. The Hall–Kier alpha value is -3.82. The van der Waals surface area contributed by atoms with Crippen LogP contribution < -0.4 is 19.9 Å². The molecule has 214 valence electrons. The zero-order chi connectivity index (χ0) is 29.3. The summed E-state index contributed by atoms with van der Waals surface area (Å²) in [4.78, 5) is 43.3. The predicted octanol–water partition coefficient (Wildman–Crippen LogP) is 3.96. The number of esters is 1. The minimum Gasteiger partial charge on any atom is -0.466 e. The molecule has 0 aliphatic carbocycles. The van der Waals surface area contributed by atoms with E-state index in [1.165, 1.54) is 16.7 Å². The summed E-state index contributed by atoms with van der Waals surface area (Å²) in [6, 6.07) is 7.57. The first-order valence-electron chi connectivity index (χ1n) is 13.5. The number of nitriles is 1. The second-order valence-electron chi connectivity index (χ2n) is 9.87. The van der Waals surface area contributed by atoms with Gasteiger partial charge in [0.2, 0.25) is 6.79 Å². The second-order valence-corrected chi connectivity index (χ2v) is 11.5. The fourth-order valence-corrected chi connectivity index (χ4v) is 6.59. The van der Waals surface area contributed by atoms with Gasteiger partial charge in [0.15, 0.2) is 11.5 Å². The third-order valence-corrected chi connectivity index (χ3v) is 8.88. The number of anilines is 1. The number of thiocarbonyl (C=S) groups is 1. The maximum Gasteiger partial charge on any atom is 0.309 e. The Labute approximate surface area is 247 Å². The predicted molar refractivity (Wildman–Crippen MR) is 159 cm³/mol. The van der Waals surface area contributed by atoms with E-state index < -0.39 is 0 Å². The van der Waals surface area contributed by atoms with E-state index in [0.717, 1.165) is 5.56 Å². The van der Waals surface area contributed by atoms with E-state index in [4.69, 9.17) is 26.4 Å². The first kappa shape index (κ1) is 28.7. The molecule has 1 amide bonds. The molecular weight excluding hydrogens is 564 g/mol. The van der Waals surface area contributed by atoms with Crippen molar-refractivity contribution in [1.82, 2.24) is 9.47 Å². The van der Waals surface area contributed by atoms with Gasteiger partial charge in [-0.25, -0.2) is 0 Å². The normalized spacial score (nSPS) is 17.9. The van der Waals surface area contributed by atoms with Gasteiger partial charge in [0.25, 0.3) is 11.5 Å². The number of aromatic nitrogens is 1. The lowest BCUT2D eigenvalue weighted by Crippen LogP contribution is -2.41. The molecule has 0 N–H and O–H groups in total. The first-order valence-corrected chi connectivity index (χ1v) is 14.7. The van der Waals surface area contributed by atoms with Crippen LogP contribution >= 0.6 is 24.0 Å². The van der Waals surface area contributed by atoms with Crippen LogP contribution in [0.3, 0.4) is 0 Å². The summed E-state index contributed by atoms with van der Waals surface area (Å²) >= 11 is 6.78. The summed E-state index contributed by atoms with van der Waals surface area (Å²) in [5.41, 5.74) is 1.65. The summed E-state index contributed by atoms with van der Waals surface area (Å²) in [7, 11) is 0. The number of fused-ring (bicyclic) bond motifs is 1. The highest BCUT2D eigenvalue weighted by Gasteiger charge is 2.34. The molecule has 0 radical (unpaired) electrons. The highest BCUT2D eigenvalue weighted by Crippen LogP contribution is 2.38. The van der Waals surface area contributed by atoms with Crippen LogP contribution in [0.2, 0.25) is 0 Å². The van der Waals surface area contributed by atoms with Gasteiger partial charge in [-0.1, -0.05) is 30.0 Å². The molecule has 3 aliphatic heterocycles. The topological polar surface area (TPSA) is 114 Å². The maximum absolute atomic E-state index is 13.6. The summed E-state index contributed by atoms with van der Waals surface area (Å²) in [6.45, 7) is 7.53. The summed E-state index contributed by atoms with van der Waals surface area (Å²) < 4.78 is 18.1. The lowest BCUT2D eigenvalue weighted by Gasteiger charge is -2.35. The molecular formula is C29H30N4O6S2. The molecule has 2 aromatic rings. The SMILES string of the molecule is CCOC(=O)C1CCN(c2c(/C=C3/SC(=S)N(Cc4ccc5c(c4)OCO5)C3=O)c(C)c(C#N)c(=O)n2CC)CC1. The molecule has 0 unspecified atom stereocenters. The van der Waals surface area contributed by atoms with Crippen molar-refractivity contribution in [2.24, 2.45) is 5.92 Å². The van der Waals surface area contributed by atoms with E-state index in [1.807, 2.05) is 25.1 Å². The molecule has 1 aromatic heterocycles. The van der Waals surface area contributed by atoms with Gasteiger partial charge >= 0.3 is 5.97 Å². The molecule has 0 atom stereocenters. The van der Waals surface area contributed by atoms with Crippen molar-refractivity contribution in [3.8, 4) is 17.6 Å². The number of ether oxygens (including phenoxy) is 3. The van der Waals surface area contributed by atoms with E-state index in [2.05, 4.69) is 11.0 Å². The first-order chi connectivity index (χ1) is 19.8. The number of hydrogen-bond donors (Lipinski definition) is 0. The quantitative estimate of drug-likeness (QED) is 0.265. The third kappa shape index (κ3) is 5.44. The van der Waals surface area contributed by atoms with Crippen molar-refractivity contribution >= 4 is 52.1 Å². The van der Waals surface area contributed by atoms with Gasteiger partial charge in [-0.2, -0.15) is 5.26 Å². The number of amides is 1. The molecule has 0 saturated carbocycles. The van der Waals surface area contributed by atoms with E-state index in [1.54, 1.807) is 24.5 Å². The van der Waals surface area contributed by atoms with Crippen molar-refractivity contribution < 1.29 is 23.8 Å². The van der Waals surface area contributed by atoms with Crippen LogP contribution in [-0.4, -0.2) is 52.2 Å². The third-order valence-electron chi connectivity index (χ3n) is 7.50. The number of carbonyl (C=O) groups is 2. The van der Waals surface area contributed by atoms with Gasteiger partial charge in [0.05, 0.1) is 24.0 Å².